The van der Waals surface area contributed by atoms with Crippen molar-refractivity contribution in [2.75, 3.05) is 53.0 Å². The largest absolute Gasteiger partial charge is 0.381 e. The van der Waals surface area contributed by atoms with E-state index in [1.807, 2.05) is 0 Å². The summed E-state index contributed by atoms with van der Waals surface area (Å²) >= 11 is 0. The Hall–Kier alpha value is -0.780. The average molecular weight is 298 g/mol. The van der Waals surface area contributed by atoms with Gasteiger partial charge in [-0.3, -0.25) is 9.69 Å². The molecule has 0 bridgehead atoms. The van der Waals surface area contributed by atoms with Crippen LogP contribution < -0.4 is 0 Å². The van der Waals surface area contributed by atoms with E-state index in [1.54, 1.807) is 6.92 Å². The first kappa shape index (κ1) is 18.3. The molecule has 21 heavy (non-hydrogen) atoms. The topological polar surface area (TPSA) is 49.9 Å². The lowest BCUT2D eigenvalue weighted by Gasteiger charge is -2.31. The van der Waals surface area contributed by atoms with Gasteiger partial charge in [-0.2, -0.15) is 0 Å². The fourth-order valence-electron chi connectivity index (χ4n) is 2.39. The number of Topliss-reactive ketones (excluding diaryl/α,β-unsaturated/α-hetero) is 2. The molecule has 0 aromatic rings. The zero-order valence-electron chi connectivity index (χ0n) is 13.6. The van der Waals surface area contributed by atoms with Gasteiger partial charge in [0.15, 0.2) is 0 Å². The molecule has 122 valence electrons. The van der Waals surface area contributed by atoms with Gasteiger partial charge in [0, 0.05) is 52.2 Å². The third-order valence-corrected chi connectivity index (χ3v) is 3.81. The van der Waals surface area contributed by atoms with E-state index in [0.29, 0.717) is 38.4 Å². The number of ketones is 2. The molecular formula is C16H30N2O3. The number of carbonyl (C=O) groups is 2. The molecule has 0 saturated carbocycles. The minimum absolute atomic E-state index is 0.240. The van der Waals surface area contributed by atoms with Crippen molar-refractivity contribution in [1.82, 2.24) is 9.80 Å². The normalized spacial score (nSPS) is 17.0. The van der Waals surface area contributed by atoms with Crippen molar-refractivity contribution in [2.24, 2.45) is 0 Å². The van der Waals surface area contributed by atoms with Crippen molar-refractivity contribution in [3.8, 4) is 0 Å². The summed E-state index contributed by atoms with van der Waals surface area (Å²) in [7, 11) is 2.12. The maximum Gasteiger partial charge on any atom is 0.146 e. The zero-order valence-corrected chi connectivity index (χ0v) is 13.6. The molecule has 1 saturated heterocycles. The molecule has 1 aliphatic rings. The summed E-state index contributed by atoms with van der Waals surface area (Å²) in [5.74, 6) is 0.559. The van der Waals surface area contributed by atoms with Crippen LogP contribution in [-0.4, -0.2) is 74.4 Å². The summed E-state index contributed by atoms with van der Waals surface area (Å²) in [4.78, 5) is 27.1. The smallest absolute Gasteiger partial charge is 0.146 e. The lowest BCUT2D eigenvalue weighted by atomic mass is 10.2. The molecule has 0 atom stereocenters. The molecule has 1 aliphatic heterocycles. The molecule has 0 spiro atoms. The van der Waals surface area contributed by atoms with E-state index in [-0.39, 0.29) is 5.78 Å². The maximum absolute atomic E-state index is 11.9. The van der Waals surface area contributed by atoms with E-state index in [0.717, 1.165) is 45.4 Å². The minimum atomic E-state index is 0.240. The molecule has 0 aliphatic carbocycles. The summed E-state index contributed by atoms with van der Waals surface area (Å²) < 4.78 is 5.49. The molecule has 0 unspecified atom stereocenters. The summed E-state index contributed by atoms with van der Waals surface area (Å²) in [6.07, 6.45) is 3.89. The van der Waals surface area contributed by atoms with Crippen LogP contribution in [0.2, 0.25) is 0 Å². The molecule has 0 amide bonds. The highest BCUT2D eigenvalue weighted by molar-refractivity contribution is 5.80. The first-order valence-corrected chi connectivity index (χ1v) is 8.07. The van der Waals surface area contributed by atoms with Crippen molar-refractivity contribution in [3.05, 3.63) is 0 Å². The first-order valence-electron chi connectivity index (χ1n) is 8.07. The van der Waals surface area contributed by atoms with E-state index >= 15 is 0 Å². The molecule has 0 aromatic heterocycles. The highest BCUT2D eigenvalue weighted by Crippen LogP contribution is 2.02. The minimum Gasteiger partial charge on any atom is -0.381 e. The molecule has 0 radical (unpaired) electrons. The van der Waals surface area contributed by atoms with Gasteiger partial charge < -0.3 is 14.4 Å². The van der Waals surface area contributed by atoms with Crippen LogP contribution in [-0.2, 0) is 14.3 Å². The Morgan fingerprint density at radius 3 is 2.29 bits per heavy atom. The predicted octanol–water partition coefficient (Wildman–Crippen LogP) is 1.36. The van der Waals surface area contributed by atoms with Gasteiger partial charge in [-0.05, 0) is 33.2 Å². The van der Waals surface area contributed by atoms with Crippen LogP contribution in [0, 0.1) is 0 Å². The Balaban J connectivity index is 1.90. The molecular weight excluding hydrogens is 268 g/mol. The predicted molar refractivity (Wildman–Crippen MR) is 83.5 cm³/mol. The summed E-state index contributed by atoms with van der Waals surface area (Å²) in [6.45, 7) is 7.64. The number of piperazine rings is 1. The van der Waals surface area contributed by atoms with Crippen molar-refractivity contribution in [1.29, 1.82) is 0 Å². The molecule has 1 rings (SSSR count). The third-order valence-electron chi connectivity index (χ3n) is 3.81. The molecule has 5 heteroatoms. The van der Waals surface area contributed by atoms with Crippen LogP contribution >= 0.6 is 0 Å². The van der Waals surface area contributed by atoms with Crippen LogP contribution in [0.25, 0.3) is 0 Å². The van der Waals surface area contributed by atoms with Gasteiger partial charge in [-0.1, -0.05) is 0 Å². The number of hydrogen-bond donors (Lipinski definition) is 0. The molecule has 0 N–H and O–H groups in total. The average Bonchev–Trinajstić information content (AvgIpc) is 2.44. The quantitative estimate of drug-likeness (QED) is 0.539. The van der Waals surface area contributed by atoms with Crippen LogP contribution in [0.1, 0.15) is 39.0 Å². The summed E-state index contributed by atoms with van der Waals surface area (Å²) in [5, 5.41) is 0. The van der Waals surface area contributed by atoms with Crippen molar-refractivity contribution < 1.29 is 14.3 Å². The SMILES string of the molecule is CC(=O)CCCCOCCCC(=O)CN1CCN(C)CC1. The number of hydrogen-bond acceptors (Lipinski definition) is 5. The number of rotatable bonds is 11. The highest BCUT2D eigenvalue weighted by atomic mass is 16.5. The Morgan fingerprint density at radius 1 is 0.952 bits per heavy atom. The lowest BCUT2D eigenvalue weighted by molar-refractivity contribution is -0.121. The van der Waals surface area contributed by atoms with Gasteiger partial charge in [0.05, 0.1) is 6.54 Å². The van der Waals surface area contributed by atoms with E-state index in [2.05, 4.69) is 16.8 Å². The van der Waals surface area contributed by atoms with Crippen LogP contribution in [0.5, 0.6) is 0 Å². The van der Waals surface area contributed by atoms with Gasteiger partial charge in [-0.25, -0.2) is 0 Å². The molecule has 1 fully saturated rings. The van der Waals surface area contributed by atoms with E-state index in [4.69, 9.17) is 4.74 Å². The Kier molecular flexibility index (Phi) is 9.46. The van der Waals surface area contributed by atoms with Crippen molar-refractivity contribution in [3.63, 3.8) is 0 Å². The zero-order chi connectivity index (χ0) is 15.5. The monoisotopic (exact) mass is 298 g/mol. The second-order valence-corrected chi connectivity index (χ2v) is 5.99. The highest BCUT2D eigenvalue weighted by Gasteiger charge is 2.16. The number of nitrogens with zero attached hydrogens (tertiary/aromatic N) is 2. The Labute approximate surface area is 128 Å². The van der Waals surface area contributed by atoms with Gasteiger partial charge in [0.2, 0.25) is 0 Å². The van der Waals surface area contributed by atoms with Crippen LogP contribution in [0.15, 0.2) is 0 Å². The van der Waals surface area contributed by atoms with E-state index in [9.17, 15) is 9.59 Å². The maximum atomic E-state index is 11.9. The molecule has 0 aromatic carbocycles. The number of unbranched alkanes of at least 4 members (excludes halogenated alkanes) is 1. The standard InChI is InChI=1S/C16H30N2O3/c1-15(19)6-3-4-12-21-13-5-7-16(20)14-18-10-8-17(2)9-11-18/h3-14H2,1-2H3. The van der Waals surface area contributed by atoms with Crippen LogP contribution in [0.4, 0.5) is 0 Å². The second kappa shape index (κ2) is 10.9. The van der Waals surface area contributed by atoms with Crippen molar-refractivity contribution >= 4 is 11.6 Å². The van der Waals surface area contributed by atoms with E-state index in [1.165, 1.54) is 0 Å². The molecule has 5 nitrogen and oxygen atoms in total. The van der Waals surface area contributed by atoms with Gasteiger partial charge in [0.25, 0.3) is 0 Å². The summed E-state index contributed by atoms with van der Waals surface area (Å²) in [6, 6.07) is 0. The number of likely N-dealkylation sites (N-methyl/N-ethyl adjacent to an activating group) is 1. The Morgan fingerprint density at radius 2 is 1.62 bits per heavy atom. The van der Waals surface area contributed by atoms with E-state index < -0.39 is 0 Å². The molecule has 1 heterocycles. The number of ether oxygens (including phenoxy) is 1. The first-order chi connectivity index (χ1) is 10.1. The Bertz CT molecular complexity index is 313. The lowest BCUT2D eigenvalue weighted by Crippen LogP contribution is -2.46. The van der Waals surface area contributed by atoms with Gasteiger partial charge >= 0.3 is 0 Å². The van der Waals surface area contributed by atoms with Crippen LogP contribution in [0.3, 0.4) is 0 Å². The summed E-state index contributed by atoms with van der Waals surface area (Å²) in [5.41, 5.74) is 0. The second-order valence-electron chi connectivity index (χ2n) is 5.99. The third kappa shape index (κ3) is 9.72. The fourth-order valence-corrected chi connectivity index (χ4v) is 2.39. The number of carbonyl (C=O) groups excluding carboxylic acids is 2. The fraction of sp³-hybridized carbons (Fsp3) is 0.875. The van der Waals surface area contributed by atoms with Gasteiger partial charge in [0.1, 0.15) is 11.6 Å². The van der Waals surface area contributed by atoms with Crippen molar-refractivity contribution in [2.45, 2.75) is 39.0 Å². The van der Waals surface area contributed by atoms with Gasteiger partial charge in [-0.15, -0.1) is 0 Å².